The molecule has 2 atom stereocenters. The lowest BCUT2D eigenvalue weighted by atomic mass is 10.1. The summed E-state index contributed by atoms with van der Waals surface area (Å²) in [5, 5.41) is 12.2. The van der Waals surface area contributed by atoms with Gasteiger partial charge in [-0.2, -0.15) is 0 Å². The fraction of sp³-hybridized carbons (Fsp3) is 0.182. The SMILES string of the molecule is ON=C(C1C=CC=CO1)C1C=CC=CO1. The molecule has 4 heteroatoms. The van der Waals surface area contributed by atoms with Gasteiger partial charge >= 0.3 is 0 Å². The molecular formula is C11H11NO3. The zero-order chi connectivity index (χ0) is 10.5. The normalized spacial score (nSPS) is 26.9. The number of rotatable bonds is 2. The predicted octanol–water partition coefficient (Wildman–Crippen LogP) is 1.75. The first-order chi connectivity index (χ1) is 7.42. The Hall–Kier alpha value is -1.97. The Bertz CT molecular complexity index is 334. The first-order valence-corrected chi connectivity index (χ1v) is 4.61. The molecule has 0 fully saturated rings. The van der Waals surface area contributed by atoms with E-state index in [4.69, 9.17) is 14.7 Å². The van der Waals surface area contributed by atoms with Crippen LogP contribution >= 0.6 is 0 Å². The molecule has 2 unspecified atom stereocenters. The van der Waals surface area contributed by atoms with Crippen LogP contribution in [0, 0.1) is 0 Å². The summed E-state index contributed by atoms with van der Waals surface area (Å²) < 4.78 is 10.6. The van der Waals surface area contributed by atoms with Gasteiger partial charge in [0.2, 0.25) is 0 Å². The van der Waals surface area contributed by atoms with Gasteiger partial charge in [-0.3, -0.25) is 0 Å². The fourth-order valence-electron chi connectivity index (χ4n) is 1.38. The molecule has 0 aromatic carbocycles. The van der Waals surface area contributed by atoms with Gasteiger partial charge in [0.1, 0.15) is 5.71 Å². The summed E-state index contributed by atoms with van der Waals surface area (Å²) in [7, 11) is 0. The molecule has 1 N–H and O–H groups in total. The lowest BCUT2D eigenvalue weighted by Crippen LogP contribution is -2.33. The van der Waals surface area contributed by atoms with E-state index in [1.807, 2.05) is 12.2 Å². The molecule has 0 amide bonds. The Morgan fingerprint density at radius 1 is 0.933 bits per heavy atom. The van der Waals surface area contributed by atoms with E-state index in [1.165, 1.54) is 0 Å². The predicted molar refractivity (Wildman–Crippen MR) is 55.5 cm³/mol. The Balaban J connectivity index is 2.11. The van der Waals surface area contributed by atoms with E-state index in [9.17, 15) is 0 Å². The van der Waals surface area contributed by atoms with E-state index in [0.717, 1.165) is 0 Å². The molecule has 0 aromatic heterocycles. The Morgan fingerprint density at radius 2 is 1.47 bits per heavy atom. The zero-order valence-corrected chi connectivity index (χ0v) is 7.98. The molecule has 2 aliphatic heterocycles. The van der Waals surface area contributed by atoms with Gasteiger partial charge < -0.3 is 14.7 Å². The van der Waals surface area contributed by atoms with Gasteiger partial charge in [0, 0.05) is 0 Å². The van der Waals surface area contributed by atoms with Crippen LogP contribution in [0.3, 0.4) is 0 Å². The van der Waals surface area contributed by atoms with Crippen LogP contribution in [0.1, 0.15) is 0 Å². The second-order valence-corrected chi connectivity index (χ2v) is 3.07. The van der Waals surface area contributed by atoms with Crippen molar-refractivity contribution in [2.24, 2.45) is 5.16 Å². The molecule has 2 heterocycles. The number of hydrogen-bond acceptors (Lipinski definition) is 4. The highest BCUT2D eigenvalue weighted by Gasteiger charge is 2.24. The zero-order valence-electron chi connectivity index (χ0n) is 7.98. The number of allylic oxidation sites excluding steroid dienone is 4. The summed E-state index contributed by atoms with van der Waals surface area (Å²) in [6, 6.07) is 0. The highest BCUT2D eigenvalue weighted by molar-refractivity contribution is 5.95. The van der Waals surface area contributed by atoms with Crippen molar-refractivity contribution in [2.75, 3.05) is 0 Å². The minimum atomic E-state index is -0.374. The highest BCUT2D eigenvalue weighted by atomic mass is 16.5. The number of hydrogen-bond donors (Lipinski definition) is 1. The molecule has 2 aliphatic rings. The molecule has 0 bridgehead atoms. The Kier molecular flexibility index (Phi) is 2.88. The van der Waals surface area contributed by atoms with Crippen molar-refractivity contribution in [3.05, 3.63) is 49.0 Å². The van der Waals surface area contributed by atoms with Gasteiger partial charge in [0.05, 0.1) is 12.5 Å². The molecule has 78 valence electrons. The van der Waals surface area contributed by atoms with Crippen molar-refractivity contribution < 1.29 is 14.7 Å². The quantitative estimate of drug-likeness (QED) is 0.424. The lowest BCUT2D eigenvalue weighted by molar-refractivity contribution is 0.188. The van der Waals surface area contributed by atoms with E-state index >= 15 is 0 Å². The summed E-state index contributed by atoms with van der Waals surface area (Å²) in [5.41, 5.74) is 0.427. The van der Waals surface area contributed by atoms with Crippen LogP contribution in [0.2, 0.25) is 0 Å². The molecule has 2 rings (SSSR count). The fourth-order valence-corrected chi connectivity index (χ4v) is 1.38. The van der Waals surface area contributed by atoms with Crippen LogP contribution in [0.4, 0.5) is 0 Å². The second kappa shape index (κ2) is 4.50. The van der Waals surface area contributed by atoms with Gasteiger partial charge in [0.25, 0.3) is 0 Å². The lowest BCUT2D eigenvalue weighted by Gasteiger charge is -2.22. The van der Waals surface area contributed by atoms with E-state index in [2.05, 4.69) is 5.16 Å². The first kappa shape index (κ1) is 9.58. The van der Waals surface area contributed by atoms with E-state index < -0.39 is 0 Å². The van der Waals surface area contributed by atoms with Gasteiger partial charge in [-0.15, -0.1) is 0 Å². The van der Waals surface area contributed by atoms with Crippen LogP contribution in [-0.2, 0) is 9.47 Å². The Labute approximate surface area is 87.5 Å². The standard InChI is InChI=1S/C11H11NO3/c13-12-11(9-5-1-3-7-14-9)10-6-2-4-8-15-10/h1-10,13H. The van der Waals surface area contributed by atoms with Gasteiger partial charge in [-0.1, -0.05) is 17.3 Å². The maximum absolute atomic E-state index is 8.94. The summed E-state index contributed by atoms with van der Waals surface area (Å²) in [5.74, 6) is 0. The van der Waals surface area contributed by atoms with Gasteiger partial charge in [-0.05, 0) is 24.3 Å². The molecule has 0 saturated carbocycles. The maximum Gasteiger partial charge on any atom is 0.162 e. The van der Waals surface area contributed by atoms with Crippen molar-refractivity contribution in [3.8, 4) is 0 Å². The van der Waals surface area contributed by atoms with E-state index in [0.29, 0.717) is 5.71 Å². The average molecular weight is 205 g/mol. The van der Waals surface area contributed by atoms with Crippen LogP contribution in [0.25, 0.3) is 0 Å². The summed E-state index contributed by atoms with van der Waals surface area (Å²) in [6.45, 7) is 0. The number of nitrogens with zero attached hydrogens (tertiary/aromatic N) is 1. The Morgan fingerprint density at radius 3 is 1.80 bits per heavy atom. The minimum Gasteiger partial charge on any atom is -0.488 e. The topological polar surface area (TPSA) is 51.1 Å². The van der Waals surface area contributed by atoms with Crippen molar-refractivity contribution in [2.45, 2.75) is 12.2 Å². The van der Waals surface area contributed by atoms with Crippen molar-refractivity contribution in [1.29, 1.82) is 0 Å². The molecular weight excluding hydrogens is 194 g/mol. The molecule has 0 aliphatic carbocycles. The maximum atomic E-state index is 8.94. The van der Waals surface area contributed by atoms with Crippen molar-refractivity contribution in [3.63, 3.8) is 0 Å². The number of oxime groups is 1. The summed E-state index contributed by atoms with van der Waals surface area (Å²) in [6.07, 6.45) is 13.2. The highest BCUT2D eigenvalue weighted by Crippen LogP contribution is 2.13. The van der Waals surface area contributed by atoms with Crippen molar-refractivity contribution in [1.82, 2.24) is 0 Å². The second-order valence-electron chi connectivity index (χ2n) is 3.07. The van der Waals surface area contributed by atoms with Crippen LogP contribution in [0.5, 0.6) is 0 Å². The van der Waals surface area contributed by atoms with Crippen LogP contribution < -0.4 is 0 Å². The smallest absolute Gasteiger partial charge is 0.162 e. The number of ether oxygens (including phenoxy) is 2. The molecule has 0 saturated heterocycles. The molecule has 15 heavy (non-hydrogen) atoms. The van der Waals surface area contributed by atoms with Gasteiger partial charge in [-0.25, -0.2) is 0 Å². The summed E-state index contributed by atoms with van der Waals surface area (Å²) in [4.78, 5) is 0. The first-order valence-electron chi connectivity index (χ1n) is 4.61. The minimum absolute atomic E-state index is 0.374. The molecule has 0 radical (unpaired) electrons. The average Bonchev–Trinajstić information content (AvgIpc) is 2.33. The molecule has 0 spiro atoms. The van der Waals surface area contributed by atoms with Crippen LogP contribution in [0.15, 0.2) is 54.1 Å². The summed E-state index contributed by atoms with van der Waals surface area (Å²) >= 11 is 0. The molecule has 4 nitrogen and oxygen atoms in total. The largest absolute Gasteiger partial charge is 0.488 e. The third kappa shape index (κ3) is 2.10. The van der Waals surface area contributed by atoms with Crippen molar-refractivity contribution >= 4 is 5.71 Å². The molecule has 0 aromatic rings. The van der Waals surface area contributed by atoms with Crippen LogP contribution in [-0.4, -0.2) is 23.1 Å². The third-order valence-electron chi connectivity index (χ3n) is 2.10. The third-order valence-corrected chi connectivity index (χ3v) is 2.10. The monoisotopic (exact) mass is 205 g/mol. The van der Waals surface area contributed by atoms with E-state index in [-0.39, 0.29) is 12.2 Å². The van der Waals surface area contributed by atoms with E-state index in [1.54, 1.807) is 36.8 Å². The van der Waals surface area contributed by atoms with Gasteiger partial charge in [0.15, 0.2) is 12.2 Å².